The third kappa shape index (κ3) is 3.27. The number of imide groups is 1. The molecule has 192 valence electrons. The van der Waals surface area contributed by atoms with Crippen LogP contribution in [-0.2, 0) is 9.59 Å². The van der Waals surface area contributed by atoms with E-state index in [1.807, 2.05) is 43.3 Å². The fourth-order valence-electron chi connectivity index (χ4n) is 6.95. The smallest absolute Gasteiger partial charge is 0.343 e. The van der Waals surface area contributed by atoms with Gasteiger partial charge in [-0.2, -0.15) is 0 Å². The van der Waals surface area contributed by atoms with Crippen molar-refractivity contribution in [2.75, 3.05) is 4.90 Å². The van der Waals surface area contributed by atoms with Crippen LogP contribution in [0, 0.1) is 42.4 Å². The average molecular weight is 517 g/mol. The van der Waals surface area contributed by atoms with Gasteiger partial charge >= 0.3 is 5.97 Å². The fourth-order valence-corrected chi connectivity index (χ4v) is 6.95. The van der Waals surface area contributed by atoms with Crippen molar-refractivity contribution in [1.82, 2.24) is 15.0 Å². The Hall–Kier alpha value is -4.59. The largest absolute Gasteiger partial charge is 0.421 e. The van der Waals surface area contributed by atoms with Crippen molar-refractivity contribution in [3.8, 4) is 11.4 Å². The van der Waals surface area contributed by atoms with Crippen LogP contribution in [0.3, 0.4) is 0 Å². The standard InChI is InChI=1S/C31H24N4O4/c1-16-6-13-26(25(14-16)35-32-23-4-2-3-5-24(23)33-35)39-31(38)17-7-9-18(10-8-17)34-29(36)27-19-11-12-20(22-15-21(19)22)28(27)30(34)37/h2-14,19-22,27-28H,15H2,1H3/t19-,20-,21-,22-,27+,28+/m0/s1. The first-order valence-electron chi connectivity index (χ1n) is 13.3. The van der Waals surface area contributed by atoms with Crippen molar-refractivity contribution in [3.63, 3.8) is 0 Å². The van der Waals surface area contributed by atoms with Crippen molar-refractivity contribution in [1.29, 1.82) is 0 Å². The molecule has 8 heteroatoms. The summed E-state index contributed by atoms with van der Waals surface area (Å²) in [4.78, 5) is 42.7. The van der Waals surface area contributed by atoms with E-state index in [0.29, 0.717) is 34.5 Å². The summed E-state index contributed by atoms with van der Waals surface area (Å²) in [6, 6.07) is 19.5. The number of nitrogens with zero attached hydrogens (tertiary/aromatic N) is 4. The number of rotatable bonds is 4. The van der Waals surface area contributed by atoms with Gasteiger partial charge in [-0.1, -0.05) is 30.4 Å². The molecule has 2 heterocycles. The molecule has 0 unspecified atom stereocenters. The molecule has 8 nitrogen and oxygen atoms in total. The highest BCUT2D eigenvalue weighted by molar-refractivity contribution is 6.22. The summed E-state index contributed by atoms with van der Waals surface area (Å²) in [7, 11) is 0. The van der Waals surface area contributed by atoms with E-state index in [2.05, 4.69) is 22.3 Å². The Kier molecular flexibility index (Phi) is 4.57. The second kappa shape index (κ2) is 7.96. The lowest BCUT2D eigenvalue weighted by atomic mass is 9.63. The maximum atomic E-state index is 13.4. The number of hydrogen-bond acceptors (Lipinski definition) is 6. The number of fused-ring (bicyclic) bond motifs is 1. The minimum atomic E-state index is -0.557. The zero-order valence-corrected chi connectivity index (χ0v) is 21.1. The third-order valence-electron chi connectivity index (χ3n) is 8.84. The van der Waals surface area contributed by atoms with Gasteiger partial charge in [0.1, 0.15) is 16.7 Å². The number of amides is 2. The van der Waals surface area contributed by atoms with Gasteiger partial charge in [0.2, 0.25) is 11.8 Å². The SMILES string of the molecule is Cc1ccc(OC(=O)c2ccc(N3C(=O)[C@@H]4[C@H]5C=C[C@@H]([C@@H]6C[C@@H]56)[C@H]4C3=O)cc2)c(-n2nc3ccccc3n2)c1. The van der Waals surface area contributed by atoms with E-state index >= 15 is 0 Å². The second-order valence-corrected chi connectivity index (χ2v) is 11.1. The summed E-state index contributed by atoms with van der Waals surface area (Å²) in [6.07, 6.45) is 5.45. The maximum absolute atomic E-state index is 13.4. The van der Waals surface area contributed by atoms with Gasteiger partial charge < -0.3 is 4.74 Å². The molecule has 3 fully saturated rings. The van der Waals surface area contributed by atoms with Gasteiger partial charge in [0.15, 0.2) is 5.75 Å². The highest BCUT2D eigenvalue weighted by Crippen LogP contribution is 2.65. The van der Waals surface area contributed by atoms with Crippen LogP contribution < -0.4 is 9.64 Å². The molecule has 4 aromatic rings. The van der Waals surface area contributed by atoms with Gasteiger partial charge in [-0.3, -0.25) is 14.5 Å². The van der Waals surface area contributed by atoms with E-state index < -0.39 is 5.97 Å². The molecule has 1 saturated heterocycles. The molecule has 5 aliphatic rings. The molecule has 6 atom stereocenters. The zero-order valence-electron chi connectivity index (χ0n) is 21.1. The average Bonchev–Trinajstić information content (AvgIpc) is 3.60. The molecule has 1 aliphatic heterocycles. The number of anilines is 1. The predicted molar refractivity (Wildman–Crippen MR) is 142 cm³/mol. The molecular weight excluding hydrogens is 492 g/mol. The van der Waals surface area contributed by atoms with Crippen LogP contribution in [-0.4, -0.2) is 32.8 Å². The molecule has 0 radical (unpaired) electrons. The Labute approximate surface area is 223 Å². The topological polar surface area (TPSA) is 94.4 Å². The summed E-state index contributed by atoms with van der Waals surface area (Å²) < 4.78 is 5.78. The highest BCUT2D eigenvalue weighted by Gasteiger charge is 2.67. The van der Waals surface area contributed by atoms with Crippen LogP contribution in [0.1, 0.15) is 22.3 Å². The van der Waals surface area contributed by atoms with Crippen molar-refractivity contribution in [2.24, 2.45) is 35.5 Å². The minimum absolute atomic E-state index is 0.117. The van der Waals surface area contributed by atoms with Crippen LogP contribution in [0.15, 0.2) is 78.9 Å². The number of benzene rings is 3. The monoisotopic (exact) mass is 516 g/mol. The summed E-state index contributed by atoms with van der Waals surface area (Å²) in [5.41, 5.74) is 3.79. The van der Waals surface area contributed by atoms with Gasteiger partial charge in [-0.05, 0) is 91.1 Å². The van der Waals surface area contributed by atoms with Crippen LogP contribution >= 0.6 is 0 Å². The van der Waals surface area contributed by atoms with Crippen molar-refractivity contribution >= 4 is 34.5 Å². The quantitative estimate of drug-likeness (QED) is 0.172. The molecule has 0 N–H and O–H groups in total. The fraction of sp³-hybridized carbons (Fsp3) is 0.258. The molecule has 0 spiro atoms. The number of ether oxygens (including phenoxy) is 1. The molecule has 9 rings (SSSR count). The number of allylic oxidation sites excluding steroid dienone is 2. The van der Waals surface area contributed by atoms with E-state index in [9.17, 15) is 14.4 Å². The minimum Gasteiger partial charge on any atom is -0.421 e. The predicted octanol–water partition coefficient (Wildman–Crippen LogP) is 4.51. The number of aromatic nitrogens is 3. The van der Waals surface area contributed by atoms with Crippen LogP contribution in [0.4, 0.5) is 5.69 Å². The Morgan fingerprint density at radius 1 is 0.846 bits per heavy atom. The zero-order chi connectivity index (χ0) is 26.4. The third-order valence-corrected chi connectivity index (χ3v) is 8.84. The molecule has 39 heavy (non-hydrogen) atoms. The lowest BCUT2D eigenvalue weighted by Gasteiger charge is -2.37. The number of hydrogen-bond donors (Lipinski definition) is 0. The van der Waals surface area contributed by atoms with E-state index in [0.717, 1.165) is 23.0 Å². The van der Waals surface area contributed by atoms with Gasteiger partial charge in [0, 0.05) is 0 Å². The summed E-state index contributed by atoms with van der Waals surface area (Å²) in [5.74, 6) is 0.472. The molecule has 2 saturated carbocycles. The molecule has 2 amide bonds. The summed E-state index contributed by atoms with van der Waals surface area (Å²) >= 11 is 0. The molecule has 1 aromatic heterocycles. The van der Waals surface area contributed by atoms with E-state index in [1.165, 1.54) is 9.70 Å². The van der Waals surface area contributed by atoms with Crippen molar-refractivity contribution in [2.45, 2.75) is 13.3 Å². The van der Waals surface area contributed by atoms with Crippen molar-refractivity contribution in [3.05, 3.63) is 90.0 Å². The van der Waals surface area contributed by atoms with Crippen molar-refractivity contribution < 1.29 is 19.1 Å². The normalized spacial score (nSPS) is 28.1. The van der Waals surface area contributed by atoms with Gasteiger partial charge in [0.25, 0.3) is 0 Å². The van der Waals surface area contributed by atoms with E-state index in [4.69, 9.17) is 4.74 Å². The first-order chi connectivity index (χ1) is 19.0. The van der Waals surface area contributed by atoms with Gasteiger partial charge in [-0.15, -0.1) is 15.0 Å². The molecule has 3 aromatic carbocycles. The Balaban J connectivity index is 1.05. The summed E-state index contributed by atoms with van der Waals surface area (Å²) in [6.45, 7) is 1.94. The number of esters is 1. The lowest BCUT2D eigenvalue weighted by Crippen LogP contribution is -2.40. The maximum Gasteiger partial charge on any atom is 0.343 e. The number of aryl methyl sites for hydroxylation is 1. The van der Waals surface area contributed by atoms with Gasteiger partial charge in [-0.25, -0.2) is 4.79 Å². The Morgan fingerprint density at radius 3 is 2.08 bits per heavy atom. The molecular formula is C31H24N4O4. The van der Waals surface area contributed by atoms with Crippen LogP contribution in [0.5, 0.6) is 5.75 Å². The lowest BCUT2D eigenvalue weighted by molar-refractivity contribution is -0.124. The highest BCUT2D eigenvalue weighted by atomic mass is 16.5. The van der Waals surface area contributed by atoms with Crippen LogP contribution in [0.25, 0.3) is 16.7 Å². The Morgan fingerprint density at radius 2 is 1.46 bits per heavy atom. The number of carbonyl (C=O) groups is 3. The summed E-state index contributed by atoms with van der Waals surface area (Å²) in [5, 5.41) is 9.06. The molecule has 4 aliphatic carbocycles. The van der Waals surface area contributed by atoms with E-state index in [-0.39, 0.29) is 35.5 Å². The number of carbonyl (C=O) groups excluding carboxylic acids is 3. The van der Waals surface area contributed by atoms with Gasteiger partial charge in [0.05, 0.1) is 23.1 Å². The first kappa shape index (κ1) is 22.4. The van der Waals surface area contributed by atoms with Crippen LogP contribution in [0.2, 0.25) is 0 Å². The van der Waals surface area contributed by atoms with E-state index in [1.54, 1.807) is 30.3 Å². The molecule has 2 bridgehead atoms. The Bertz CT molecular complexity index is 1670. The first-order valence-corrected chi connectivity index (χ1v) is 13.3. The second-order valence-electron chi connectivity index (χ2n) is 11.1.